The van der Waals surface area contributed by atoms with Crippen LogP contribution < -0.4 is 9.64 Å². The summed E-state index contributed by atoms with van der Waals surface area (Å²) in [6.07, 6.45) is 2.12. The van der Waals surface area contributed by atoms with Crippen LogP contribution in [0.5, 0.6) is 11.6 Å². The Morgan fingerprint density at radius 1 is 1.11 bits per heavy atom. The Bertz CT molecular complexity index is 1450. The minimum atomic E-state index is -0.157. The third kappa shape index (κ3) is 4.67. The lowest BCUT2D eigenvalue weighted by Gasteiger charge is -2.24. The van der Waals surface area contributed by atoms with Gasteiger partial charge in [0.25, 0.3) is 0 Å². The number of benzene rings is 2. The van der Waals surface area contributed by atoms with Crippen LogP contribution in [0.2, 0.25) is 5.02 Å². The van der Waals surface area contributed by atoms with Gasteiger partial charge < -0.3 is 14.7 Å². The van der Waals surface area contributed by atoms with Crippen molar-refractivity contribution in [1.29, 1.82) is 0 Å². The summed E-state index contributed by atoms with van der Waals surface area (Å²) in [7, 11) is 1.76. The molecular formula is C27H23ClN4O3S. The maximum atomic E-state index is 13.0. The molecule has 4 aromatic rings. The molecule has 0 radical (unpaired) electrons. The van der Waals surface area contributed by atoms with Gasteiger partial charge in [-0.1, -0.05) is 53.7 Å². The Hall–Kier alpha value is -3.46. The molecule has 7 nitrogen and oxygen atoms in total. The first-order valence-electron chi connectivity index (χ1n) is 11.3. The molecule has 3 heterocycles. The highest BCUT2D eigenvalue weighted by atomic mass is 35.5. The van der Waals surface area contributed by atoms with Gasteiger partial charge in [0.2, 0.25) is 11.8 Å². The number of nitrogens with zero attached hydrogens (tertiary/aromatic N) is 4. The lowest BCUT2D eigenvalue weighted by molar-refractivity contribution is -0.115. The van der Waals surface area contributed by atoms with Gasteiger partial charge in [-0.25, -0.2) is 4.98 Å². The van der Waals surface area contributed by atoms with E-state index in [0.717, 1.165) is 16.8 Å². The van der Waals surface area contributed by atoms with Crippen LogP contribution in [-0.4, -0.2) is 38.8 Å². The van der Waals surface area contributed by atoms with Crippen LogP contribution in [0.15, 0.2) is 65.8 Å². The number of para-hydroxylation sites is 1. The Kier molecular flexibility index (Phi) is 6.91. The molecule has 36 heavy (non-hydrogen) atoms. The molecule has 0 aliphatic carbocycles. The third-order valence-electron chi connectivity index (χ3n) is 6.02. The number of hydrogen-bond donors (Lipinski definition) is 1. The first-order valence-corrected chi connectivity index (χ1v) is 12.7. The van der Waals surface area contributed by atoms with Crippen LogP contribution in [0.25, 0.3) is 11.4 Å². The van der Waals surface area contributed by atoms with Crippen molar-refractivity contribution in [2.45, 2.75) is 25.0 Å². The summed E-state index contributed by atoms with van der Waals surface area (Å²) in [6.45, 7) is 1.70. The van der Waals surface area contributed by atoms with Crippen molar-refractivity contribution in [1.82, 2.24) is 15.0 Å². The maximum absolute atomic E-state index is 13.0. The SMILES string of the molecule is Cc1ncc(CO)c2c1Oc1nc(-c3ccccc3Cl)nc(SCC(=O)N(C)c3ccccc3)c1C2. The van der Waals surface area contributed by atoms with Crippen LogP contribution in [-0.2, 0) is 17.8 Å². The van der Waals surface area contributed by atoms with Crippen molar-refractivity contribution < 1.29 is 14.6 Å². The fourth-order valence-corrected chi connectivity index (χ4v) is 5.16. The number of aryl methyl sites for hydroxylation is 1. The molecule has 0 atom stereocenters. The Morgan fingerprint density at radius 3 is 2.61 bits per heavy atom. The van der Waals surface area contributed by atoms with Crippen LogP contribution in [0.4, 0.5) is 5.69 Å². The van der Waals surface area contributed by atoms with E-state index in [9.17, 15) is 9.90 Å². The summed E-state index contributed by atoms with van der Waals surface area (Å²) in [5.74, 6) is 1.52. The first kappa shape index (κ1) is 24.2. The highest BCUT2D eigenvalue weighted by molar-refractivity contribution is 8.00. The number of anilines is 1. The van der Waals surface area contributed by atoms with Crippen molar-refractivity contribution >= 4 is 35.0 Å². The number of amides is 1. The lowest BCUT2D eigenvalue weighted by Crippen LogP contribution is -2.28. The van der Waals surface area contributed by atoms with E-state index >= 15 is 0 Å². The zero-order valence-electron chi connectivity index (χ0n) is 19.7. The molecule has 2 aromatic heterocycles. The summed E-state index contributed by atoms with van der Waals surface area (Å²) >= 11 is 7.78. The zero-order valence-corrected chi connectivity index (χ0v) is 21.3. The smallest absolute Gasteiger partial charge is 0.237 e. The minimum Gasteiger partial charge on any atom is -0.436 e. The number of ether oxygens (including phenoxy) is 1. The molecular weight excluding hydrogens is 496 g/mol. The number of hydrogen-bond acceptors (Lipinski definition) is 7. The number of thioether (sulfide) groups is 1. The van der Waals surface area contributed by atoms with Crippen molar-refractivity contribution in [2.24, 2.45) is 0 Å². The number of pyridine rings is 1. The third-order valence-corrected chi connectivity index (χ3v) is 7.35. The van der Waals surface area contributed by atoms with Gasteiger partial charge in [0.15, 0.2) is 11.6 Å². The van der Waals surface area contributed by atoms with Gasteiger partial charge in [-0.05, 0) is 31.2 Å². The van der Waals surface area contributed by atoms with Crippen molar-refractivity contribution in [2.75, 3.05) is 17.7 Å². The summed E-state index contributed by atoms with van der Waals surface area (Å²) in [4.78, 5) is 28.5. The number of aromatic nitrogens is 3. The number of carbonyl (C=O) groups excluding carboxylic acids is 1. The normalized spacial score (nSPS) is 11.9. The summed E-state index contributed by atoms with van der Waals surface area (Å²) < 4.78 is 6.24. The quantitative estimate of drug-likeness (QED) is 0.236. The van der Waals surface area contributed by atoms with Gasteiger partial charge in [-0.3, -0.25) is 9.78 Å². The molecule has 0 saturated heterocycles. The van der Waals surface area contributed by atoms with E-state index in [1.54, 1.807) is 24.2 Å². The van der Waals surface area contributed by atoms with E-state index in [0.29, 0.717) is 50.7 Å². The number of fused-ring (bicyclic) bond motifs is 2. The van der Waals surface area contributed by atoms with Crippen molar-refractivity contribution in [3.05, 3.63) is 88.2 Å². The van der Waals surface area contributed by atoms with E-state index in [-0.39, 0.29) is 18.3 Å². The van der Waals surface area contributed by atoms with E-state index in [1.807, 2.05) is 55.5 Å². The number of carbonyl (C=O) groups is 1. The van der Waals surface area contributed by atoms with Gasteiger partial charge in [-0.2, -0.15) is 4.98 Å². The van der Waals surface area contributed by atoms with Crippen LogP contribution in [0.3, 0.4) is 0 Å². The van der Waals surface area contributed by atoms with E-state index < -0.39 is 0 Å². The fraction of sp³-hybridized carbons (Fsp3) is 0.185. The second-order valence-electron chi connectivity index (χ2n) is 8.31. The van der Waals surface area contributed by atoms with Gasteiger partial charge >= 0.3 is 0 Å². The monoisotopic (exact) mass is 518 g/mol. The molecule has 2 aromatic carbocycles. The Morgan fingerprint density at radius 2 is 1.86 bits per heavy atom. The molecule has 1 N–H and O–H groups in total. The largest absolute Gasteiger partial charge is 0.436 e. The van der Waals surface area contributed by atoms with E-state index in [4.69, 9.17) is 26.3 Å². The summed E-state index contributed by atoms with van der Waals surface area (Å²) in [5, 5.41) is 11.0. The molecule has 5 rings (SSSR count). The molecule has 9 heteroatoms. The molecule has 0 bridgehead atoms. The predicted molar refractivity (Wildman–Crippen MR) is 141 cm³/mol. The summed E-state index contributed by atoms with van der Waals surface area (Å²) in [6, 6.07) is 16.8. The van der Waals surface area contributed by atoms with Gasteiger partial charge in [-0.15, -0.1) is 0 Å². The van der Waals surface area contributed by atoms with Gasteiger partial charge in [0.1, 0.15) is 5.03 Å². The Balaban J connectivity index is 1.53. The highest BCUT2D eigenvalue weighted by Gasteiger charge is 2.28. The first-order chi connectivity index (χ1) is 17.5. The fourth-order valence-electron chi connectivity index (χ4n) is 4.00. The van der Waals surface area contributed by atoms with E-state index in [1.165, 1.54) is 11.8 Å². The lowest BCUT2D eigenvalue weighted by atomic mass is 9.99. The molecule has 0 spiro atoms. The van der Waals surface area contributed by atoms with E-state index in [2.05, 4.69) is 4.98 Å². The molecule has 1 amide bonds. The van der Waals surface area contributed by atoms with Crippen molar-refractivity contribution in [3.8, 4) is 23.0 Å². The second-order valence-corrected chi connectivity index (χ2v) is 9.68. The van der Waals surface area contributed by atoms with Crippen LogP contribution >= 0.6 is 23.4 Å². The van der Waals surface area contributed by atoms with Crippen LogP contribution in [0.1, 0.15) is 22.4 Å². The molecule has 1 aliphatic rings. The zero-order chi connectivity index (χ0) is 25.2. The molecule has 182 valence electrons. The maximum Gasteiger partial charge on any atom is 0.237 e. The topological polar surface area (TPSA) is 88.4 Å². The number of aliphatic hydroxyl groups excluding tert-OH is 1. The Labute approximate surface area is 218 Å². The standard InChI is InChI=1S/C27H23ClN4O3S/c1-16-24-20(17(14-33)13-29-16)12-21-26(35-24)30-25(19-10-6-7-11-22(19)28)31-27(21)36-15-23(34)32(2)18-8-4-3-5-9-18/h3-11,13,33H,12,14-15H2,1-2H3. The average molecular weight is 519 g/mol. The number of halogens is 1. The van der Waals surface area contributed by atoms with Crippen LogP contribution in [0, 0.1) is 6.92 Å². The molecule has 0 fully saturated rings. The minimum absolute atomic E-state index is 0.0638. The second kappa shape index (κ2) is 10.3. The van der Waals surface area contributed by atoms with Gasteiger partial charge in [0.05, 0.1) is 28.6 Å². The predicted octanol–water partition coefficient (Wildman–Crippen LogP) is 5.44. The average Bonchev–Trinajstić information content (AvgIpc) is 2.91. The molecule has 0 saturated carbocycles. The molecule has 1 aliphatic heterocycles. The molecule has 0 unspecified atom stereocenters. The highest BCUT2D eigenvalue weighted by Crippen LogP contribution is 2.43. The summed E-state index contributed by atoms with van der Waals surface area (Å²) in [5.41, 5.74) is 4.49. The van der Waals surface area contributed by atoms with Gasteiger partial charge in [0, 0.05) is 42.0 Å². The van der Waals surface area contributed by atoms with Crippen molar-refractivity contribution in [3.63, 3.8) is 0 Å². The number of aliphatic hydroxyl groups is 1. The number of rotatable bonds is 6.